The van der Waals surface area contributed by atoms with Crippen molar-refractivity contribution in [3.8, 4) is 11.4 Å². The second-order valence-electron chi connectivity index (χ2n) is 20.0. The molecule has 3 saturated heterocycles. The zero-order valence-corrected chi connectivity index (χ0v) is 41.8. The van der Waals surface area contributed by atoms with E-state index in [-0.39, 0.29) is 55.9 Å². The van der Waals surface area contributed by atoms with E-state index >= 15 is 0 Å². The summed E-state index contributed by atoms with van der Waals surface area (Å²) in [5, 5.41) is 43.0. The lowest BCUT2D eigenvalue weighted by Gasteiger charge is -2.49. The number of carbonyl (C=O) groups is 1. The lowest BCUT2D eigenvalue weighted by atomic mass is 9.75. The number of cyclic esters (lactones) is 1. The number of rotatable bonds is 13. The summed E-state index contributed by atoms with van der Waals surface area (Å²) in [5.74, 6) is -3.29. The number of hydrogen-bond donors (Lipinski definition) is 3. The van der Waals surface area contributed by atoms with Crippen LogP contribution < -0.4 is 4.74 Å². The summed E-state index contributed by atoms with van der Waals surface area (Å²) >= 11 is 0. The second kappa shape index (κ2) is 23.4. The highest BCUT2D eigenvalue weighted by Gasteiger charge is 2.52. The molecule has 5 rings (SSSR count). The Morgan fingerprint density at radius 1 is 0.897 bits per heavy atom. The number of carbonyl (C=O) groups excluding carboxylic acids is 1. The molecule has 2 aromatic rings. The van der Waals surface area contributed by atoms with Crippen molar-refractivity contribution in [2.75, 3.05) is 55.1 Å². The Labute approximate surface area is 398 Å². The quantitative estimate of drug-likeness (QED) is 0.240. The van der Waals surface area contributed by atoms with E-state index in [0.29, 0.717) is 30.8 Å². The summed E-state index contributed by atoms with van der Waals surface area (Å²) in [6.45, 7) is 15.3. The fraction of sp³-hybridized carbons (Fsp3) is 0.809. The van der Waals surface area contributed by atoms with Gasteiger partial charge >= 0.3 is 12.3 Å². The summed E-state index contributed by atoms with van der Waals surface area (Å²) in [6.07, 6.45) is -10.9. The second-order valence-corrected chi connectivity index (χ2v) is 20.0. The molecule has 0 radical (unpaired) electrons. The van der Waals surface area contributed by atoms with Gasteiger partial charge in [-0.2, -0.15) is 0 Å². The molecule has 0 aliphatic carbocycles. The molecule has 4 heterocycles. The summed E-state index contributed by atoms with van der Waals surface area (Å²) in [6, 6.07) is 4.86. The number of benzene rings is 1. The third-order valence-corrected chi connectivity index (χ3v) is 14.0. The van der Waals surface area contributed by atoms with E-state index in [0.717, 1.165) is 0 Å². The van der Waals surface area contributed by atoms with Crippen LogP contribution in [0.3, 0.4) is 0 Å². The van der Waals surface area contributed by atoms with Gasteiger partial charge in [0.15, 0.2) is 12.6 Å². The largest absolute Gasteiger partial charge is 0.573 e. The van der Waals surface area contributed by atoms with E-state index in [1.54, 1.807) is 34.1 Å². The molecule has 21 heteroatoms. The van der Waals surface area contributed by atoms with Crippen LogP contribution in [0.15, 0.2) is 30.5 Å². The van der Waals surface area contributed by atoms with E-state index in [1.165, 1.54) is 36.1 Å². The number of aliphatic hydroxyl groups is 3. The van der Waals surface area contributed by atoms with Gasteiger partial charge in [0.2, 0.25) is 0 Å². The van der Waals surface area contributed by atoms with Crippen LogP contribution in [-0.4, -0.2) is 186 Å². The van der Waals surface area contributed by atoms with Crippen LogP contribution in [0, 0.1) is 23.7 Å². The number of aromatic nitrogens is 3. The maximum absolute atomic E-state index is 14.7. The first-order chi connectivity index (χ1) is 31.8. The number of methoxy groups -OCH3 is 2. The minimum absolute atomic E-state index is 0.0453. The molecule has 17 atom stereocenters. The van der Waals surface area contributed by atoms with Gasteiger partial charge in [-0.3, -0.25) is 4.79 Å². The lowest BCUT2D eigenvalue weighted by Crippen LogP contribution is -2.61. The van der Waals surface area contributed by atoms with Crippen LogP contribution in [0.25, 0.3) is 5.69 Å². The molecule has 388 valence electrons. The van der Waals surface area contributed by atoms with Gasteiger partial charge in [0.25, 0.3) is 0 Å². The van der Waals surface area contributed by atoms with Gasteiger partial charge in [0.05, 0.1) is 72.7 Å². The first-order valence-corrected chi connectivity index (χ1v) is 23.4. The summed E-state index contributed by atoms with van der Waals surface area (Å²) in [7, 11) is 8.72. The Bertz CT molecular complexity index is 1880. The van der Waals surface area contributed by atoms with E-state index in [4.69, 9.17) is 37.9 Å². The summed E-state index contributed by atoms with van der Waals surface area (Å²) < 4.78 is 94.5. The molecular weight excluding hydrogens is 900 g/mol. The molecular formula is C47H76F3N5O13. The van der Waals surface area contributed by atoms with Crippen LogP contribution in [0.1, 0.15) is 80.3 Å². The molecule has 68 heavy (non-hydrogen) atoms. The van der Waals surface area contributed by atoms with Crippen LogP contribution in [0.4, 0.5) is 13.2 Å². The maximum atomic E-state index is 14.7. The van der Waals surface area contributed by atoms with Gasteiger partial charge in [-0.15, -0.1) is 18.3 Å². The maximum Gasteiger partial charge on any atom is 0.573 e. The van der Waals surface area contributed by atoms with E-state index < -0.39 is 90.7 Å². The van der Waals surface area contributed by atoms with Crippen LogP contribution in [0.2, 0.25) is 0 Å². The third-order valence-electron chi connectivity index (χ3n) is 14.0. The smallest absolute Gasteiger partial charge is 0.458 e. The highest BCUT2D eigenvalue weighted by molar-refractivity contribution is 5.73. The zero-order valence-electron chi connectivity index (χ0n) is 41.8. The SMILES string of the molecule is CO[C@]1(C)C[C@@H](C)[C@H](O)[C@H](C)CN(C)C[C@H](COCc2cn(-c3ccc(OC(F)(F)F)cc3)nn2)OC(=O)[C@H](C)[C@@H](O[C@H]2C[C@@](C)(OC)[C@@H](O)[C@H](C)O2)[C@H](C)[C@H]1O[C@@H]1O[C@H](C)C[C@H](N(C)C)[C@H]1O. The standard InChI is InChI=1S/C47H76F3N5O13/c1-26-19-46(8,61-13)42(67-44-39(57)36(53(9)10)18-28(3)63-44)29(4)40(66-37-20-45(7,60-12)41(58)31(6)64-37)30(5)43(59)65-35(23-54(11)21-27(2)38(26)56)25-62-24-32-22-55(52-51-32)33-14-16-34(17-15-33)68-47(48,49)50/h14-17,22,26-31,35-42,44,56-58H,18-21,23-25H2,1-13H3/t26-,27-,28-,29+,30-,31+,35-,36+,37+,38+,39-,40+,41+,42-,44+,45-,46-/m1/s1. The number of aliphatic hydroxyl groups excluding tert-OH is 3. The van der Waals surface area contributed by atoms with Gasteiger partial charge in [-0.25, -0.2) is 4.68 Å². The molecule has 0 saturated carbocycles. The van der Waals surface area contributed by atoms with Crippen LogP contribution in [-0.2, 0) is 49.3 Å². The lowest BCUT2D eigenvalue weighted by molar-refractivity contribution is -0.319. The fourth-order valence-corrected chi connectivity index (χ4v) is 10.0. The van der Waals surface area contributed by atoms with Gasteiger partial charge in [0.1, 0.15) is 29.8 Å². The fourth-order valence-electron chi connectivity index (χ4n) is 10.0. The van der Waals surface area contributed by atoms with Crippen molar-refractivity contribution in [1.29, 1.82) is 0 Å². The number of halogens is 3. The average Bonchev–Trinajstić information content (AvgIpc) is 3.74. The van der Waals surface area contributed by atoms with Gasteiger partial charge < -0.3 is 67.8 Å². The third kappa shape index (κ3) is 14.1. The zero-order chi connectivity index (χ0) is 50.5. The highest BCUT2D eigenvalue weighted by Crippen LogP contribution is 2.41. The number of ether oxygens (including phenoxy) is 9. The molecule has 1 aromatic carbocycles. The van der Waals surface area contributed by atoms with Gasteiger partial charge in [0, 0.05) is 45.7 Å². The molecule has 1 aromatic heterocycles. The number of esters is 1. The number of alkyl halides is 3. The Kier molecular flexibility index (Phi) is 19.3. The number of nitrogens with zero attached hydrogens (tertiary/aromatic N) is 5. The average molecular weight is 976 g/mol. The molecule has 3 fully saturated rings. The minimum atomic E-state index is -4.83. The monoisotopic (exact) mass is 976 g/mol. The molecule has 0 amide bonds. The van der Waals surface area contributed by atoms with Gasteiger partial charge in [-0.1, -0.05) is 26.0 Å². The topological polar surface area (TPSA) is 198 Å². The minimum Gasteiger partial charge on any atom is -0.458 e. The summed E-state index contributed by atoms with van der Waals surface area (Å²) in [4.78, 5) is 18.6. The Morgan fingerprint density at radius 3 is 2.18 bits per heavy atom. The number of hydrogen-bond acceptors (Lipinski definition) is 17. The normalized spacial score (nSPS) is 38.7. The number of likely N-dealkylation sites (N-methyl/N-ethyl adjacent to an activating group) is 2. The molecule has 0 bridgehead atoms. The first-order valence-electron chi connectivity index (χ1n) is 23.4. The van der Waals surface area contributed by atoms with Crippen LogP contribution in [0.5, 0.6) is 5.75 Å². The molecule has 3 aliphatic rings. The van der Waals surface area contributed by atoms with Crippen molar-refractivity contribution in [2.24, 2.45) is 23.7 Å². The van der Waals surface area contributed by atoms with Crippen LogP contribution >= 0.6 is 0 Å². The van der Waals surface area contributed by atoms with E-state index in [2.05, 4.69) is 15.0 Å². The predicted octanol–water partition coefficient (Wildman–Crippen LogP) is 4.34. The molecule has 0 spiro atoms. The molecule has 18 nitrogen and oxygen atoms in total. The van der Waals surface area contributed by atoms with Crippen molar-refractivity contribution < 1.29 is 75.9 Å². The Morgan fingerprint density at radius 2 is 1.56 bits per heavy atom. The predicted molar refractivity (Wildman–Crippen MR) is 240 cm³/mol. The molecule has 0 unspecified atom stereocenters. The first kappa shape index (κ1) is 55.9. The van der Waals surface area contributed by atoms with Gasteiger partial charge in [-0.05, 0) is 105 Å². The molecule has 3 aliphatic heterocycles. The summed E-state index contributed by atoms with van der Waals surface area (Å²) in [5.41, 5.74) is -1.37. The van der Waals surface area contributed by atoms with Crippen molar-refractivity contribution in [3.63, 3.8) is 0 Å². The van der Waals surface area contributed by atoms with Crippen molar-refractivity contribution >= 4 is 5.97 Å². The van der Waals surface area contributed by atoms with Crippen molar-refractivity contribution in [2.45, 2.75) is 166 Å². The van der Waals surface area contributed by atoms with Crippen molar-refractivity contribution in [1.82, 2.24) is 24.8 Å². The van der Waals surface area contributed by atoms with E-state index in [9.17, 15) is 33.3 Å². The van der Waals surface area contributed by atoms with Crippen molar-refractivity contribution in [3.05, 3.63) is 36.2 Å². The van der Waals surface area contributed by atoms with E-state index in [1.807, 2.05) is 65.6 Å². The Hall–Kier alpha value is -3.06. The Balaban J connectivity index is 1.47. The highest BCUT2D eigenvalue weighted by atomic mass is 19.4. The molecule has 3 N–H and O–H groups in total.